The van der Waals surface area contributed by atoms with Gasteiger partial charge in [0.1, 0.15) is 5.82 Å². The van der Waals surface area contributed by atoms with E-state index in [1.165, 1.54) is 6.07 Å². The summed E-state index contributed by atoms with van der Waals surface area (Å²) in [5, 5.41) is 12.6. The largest absolute Gasteiger partial charge is 0.393 e. The summed E-state index contributed by atoms with van der Waals surface area (Å²) in [6.45, 7) is 6.89. The van der Waals surface area contributed by atoms with Crippen molar-refractivity contribution in [2.24, 2.45) is 11.8 Å². The number of halogens is 1. The Morgan fingerprint density at radius 1 is 1.09 bits per heavy atom. The van der Waals surface area contributed by atoms with Crippen LogP contribution >= 0.6 is 0 Å². The number of benzene rings is 1. The van der Waals surface area contributed by atoms with Crippen molar-refractivity contribution in [3.8, 4) is 0 Å². The molecule has 2 amide bonds. The highest BCUT2D eigenvalue weighted by Crippen LogP contribution is 2.30. The molecular weight excluding hydrogens is 433 g/mol. The molecule has 2 saturated carbocycles. The van der Waals surface area contributed by atoms with Gasteiger partial charge in [0.2, 0.25) is 11.8 Å². The summed E-state index contributed by atoms with van der Waals surface area (Å²) < 4.78 is 14.5. The van der Waals surface area contributed by atoms with Crippen molar-refractivity contribution < 1.29 is 19.1 Å². The zero-order valence-corrected chi connectivity index (χ0v) is 20.7. The minimum absolute atomic E-state index is 0.0892. The molecule has 1 aromatic carbocycles. The summed E-state index contributed by atoms with van der Waals surface area (Å²) >= 11 is 0. The molecule has 1 atom stereocenters. The summed E-state index contributed by atoms with van der Waals surface area (Å²) in [5.74, 6) is 0.350. The Balaban J connectivity index is 1.34. The fourth-order valence-electron chi connectivity index (χ4n) is 5.99. The molecule has 0 bridgehead atoms. The topological polar surface area (TPSA) is 72.9 Å². The lowest BCUT2D eigenvalue weighted by molar-refractivity contribution is -0.140. The first-order valence-corrected chi connectivity index (χ1v) is 13.1. The molecule has 0 radical (unpaired) electrons. The summed E-state index contributed by atoms with van der Waals surface area (Å²) in [6.07, 6.45) is 7.74. The number of piperazine rings is 1. The van der Waals surface area contributed by atoms with E-state index in [0.29, 0.717) is 31.1 Å². The van der Waals surface area contributed by atoms with Crippen LogP contribution in [-0.4, -0.2) is 58.5 Å². The van der Waals surface area contributed by atoms with Crippen LogP contribution < -0.4 is 5.32 Å². The van der Waals surface area contributed by atoms with Crippen molar-refractivity contribution in [2.75, 3.05) is 25.0 Å². The van der Waals surface area contributed by atoms with Crippen molar-refractivity contribution in [2.45, 2.75) is 90.3 Å². The number of rotatable bonds is 6. The van der Waals surface area contributed by atoms with E-state index in [9.17, 15) is 19.1 Å². The Bertz CT molecular complexity index is 878. The quantitative estimate of drug-likeness (QED) is 0.648. The van der Waals surface area contributed by atoms with Gasteiger partial charge in [0.05, 0.1) is 6.10 Å². The van der Waals surface area contributed by atoms with E-state index in [1.54, 1.807) is 6.07 Å². The van der Waals surface area contributed by atoms with Crippen LogP contribution in [0.2, 0.25) is 0 Å². The first-order chi connectivity index (χ1) is 16.3. The van der Waals surface area contributed by atoms with Gasteiger partial charge in [0, 0.05) is 50.2 Å². The number of nitrogens with zero attached hydrogens (tertiary/aromatic N) is 2. The van der Waals surface area contributed by atoms with E-state index in [1.807, 2.05) is 11.8 Å². The van der Waals surface area contributed by atoms with E-state index >= 15 is 0 Å². The number of anilines is 1. The zero-order valence-electron chi connectivity index (χ0n) is 20.7. The summed E-state index contributed by atoms with van der Waals surface area (Å²) in [5.41, 5.74) is 2.31. The lowest BCUT2D eigenvalue weighted by Gasteiger charge is -2.41. The highest BCUT2D eigenvalue weighted by atomic mass is 19.1. The van der Waals surface area contributed by atoms with E-state index in [0.717, 1.165) is 75.6 Å². The van der Waals surface area contributed by atoms with Crippen molar-refractivity contribution in [1.82, 2.24) is 9.80 Å². The maximum Gasteiger partial charge on any atom is 0.226 e. The molecule has 34 heavy (non-hydrogen) atoms. The molecule has 3 aliphatic rings. The summed E-state index contributed by atoms with van der Waals surface area (Å²) in [6, 6.07) is 3.11. The van der Waals surface area contributed by atoms with Crippen LogP contribution in [0, 0.1) is 24.6 Å². The lowest BCUT2D eigenvalue weighted by Crippen LogP contribution is -2.54. The third-order valence-electron chi connectivity index (χ3n) is 8.14. The molecule has 1 saturated heterocycles. The lowest BCUT2D eigenvalue weighted by atomic mass is 9.85. The van der Waals surface area contributed by atoms with E-state index in [2.05, 4.69) is 17.1 Å². The van der Waals surface area contributed by atoms with Gasteiger partial charge in [-0.05, 0) is 81.5 Å². The van der Waals surface area contributed by atoms with Crippen LogP contribution in [0.5, 0.6) is 0 Å². The summed E-state index contributed by atoms with van der Waals surface area (Å²) in [7, 11) is 0. The Morgan fingerprint density at radius 2 is 1.79 bits per heavy atom. The Labute approximate surface area is 202 Å². The Hall–Kier alpha value is -1.99. The molecule has 1 heterocycles. The number of hydrogen-bond donors (Lipinski definition) is 2. The number of aliphatic hydroxyl groups excluding tert-OH is 1. The van der Waals surface area contributed by atoms with Gasteiger partial charge in [-0.25, -0.2) is 4.39 Å². The molecule has 1 aromatic rings. The van der Waals surface area contributed by atoms with Crippen molar-refractivity contribution in [3.63, 3.8) is 0 Å². The third kappa shape index (κ3) is 6.16. The maximum absolute atomic E-state index is 14.5. The molecule has 188 valence electrons. The van der Waals surface area contributed by atoms with Gasteiger partial charge in [0.25, 0.3) is 0 Å². The van der Waals surface area contributed by atoms with Crippen LogP contribution in [0.4, 0.5) is 10.1 Å². The fraction of sp³-hybridized carbons (Fsp3) is 0.704. The van der Waals surface area contributed by atoms with Crippen LogP contribution in [0.3, 0.4) is 0 Å². The zero-order chi connectivity index (χ0) is 24.2. The van der Waals surface area contributed by atoms with E-state index in [4.69, 9.17) is 0 Å². The third-order valence-corrected chi connectivity index (χ3v) is 8.14. The molecule has 0 aromatic heterocycles. The minimum atomic E-state index is -0.347. The van der Waals surface area contributed by atoms with E-state index < -0.39 is 0 Å². The van der Waals surface area contributed by atoms with Gasteiger partial charge in [0.15, 0.2) is 0 Å². The maximum atomic E-state index is 14.5. The predicted molar refractivity (Wildman–Crippen MR) is 131 cm³/mol. The van der Waals surface area contributed by atoms with Gasteiger partial charge < -0.3 is 15.3 Å². The smallest absolute Gasteiger partial charge is 0.226 e. The first kappa shape index (κ1) is 25.1. The number of carbonyl (C=O) groups is 2. The molecule has 6 nitrogen and oxygen atoms in total. The minimum Gasteiger partial charge on any atom is -0.393 e. The van der Waals surface area contributed by atoms with Gasteiger partial charge in [-0.2, -0.15) is 0 Å². The second kappa shape index (κ2) is 11.2. The fourth-order valence-corrected chi connectivity index (χ4v) is 5.99. The Morgan fingerprint density at radius 3 is 2.47 bits per heavy atom. The van der Waals surface area contributed by atoms with Crippen LogP contribution in [-0.2, 0) is 16.1 Å². The SMILES string of the molecule is Cc1c(CN2CCN(C(=O)C3CCCC3)C(C)C2)cc(F)cc1NC(=O)CC1CCC(O)CC1. The molecule has 3 fully saturated rings. The number of nitrogens with one attached hydrogen (secondary N) is 1. The second-order valence-corrected chi connectivity index (χ2v) is 10.8. The molecule has 4 rings (SSSR count). The molecular formula is C27H40FN3O3. The van der Waals surface area contributed by atoms with Crippen molar-refractivity contribution in [3.05, 3.63) is 29.1 Å². The van der Waals surface area contributed by atoms with Crippen LogP contribution in [0.1, 0.15) is 75.8 Å². The molecule has 1 unspecified atom stereocenters. The average Bonchev–Trinajstić information content (AvgIpc) is 3.33. The monoisotopic (exact) mass is 473 g/mol. The van der Waals surface area contributed by atoms with E-state index in [-0.39, 0.29) is 35.7 Å². The average molecular weight is 474 g/mol. The molecule has 2 N–H and O–H groups in total. The molecule has 0 spiro atoms. The van der Waals surface area contributed by atoms with Crippen LogP contribution in [0.15, 0.2) is 12.1 Å². The normalized spacial score (nSPS) is 26.6. The van der Waals surface area contributed by atoms with Crippen LogP contribution in [0.25, 0.3) is 0 Å². The van der Waals surface area contributed by atoms with Crippen molar-refractivity contribution in [1.29, 1.82) is 0 Å². The standard InChI is InChI=1S/C27H40FN3O3/c1-18-16-30(11-12-31(18)27(34)21-5-3-4-6-21)17-22-14-23(28)15-25(19(22)2)29-26(33)13-20-7-9-24(32)10-8-20/h14-15,18,20-21,24,32H,3-13,16-17H2,1-2H3,(H,29,33). The molecule has 2 aliphatic carbocycles. The molecule has 1 aliphatic heterocycles. The van der Waals surface area contributed by atoms with Gasteiger partial charge in [-0.15, -0.1) is 0 Å². The van der Waals surface area contributed by atoms with Gasteiger partial charge in [-0.1, -0.05) is 12.8 Å². The number of carbonyl (C=O) groups excluding carboxylic acids is 2. The second-order valence-electron chi connectivity index (χ2n) is 10.8. The predicted octanol–water partition coefficient (Wildman–Crippen LogP) is 4.24. The number of hydrogen-bond acceptors (Lipinski definition) is 4. The molecule has 7 heteroatoms. The highest BCUT2D eigenvalue weighted by molar-refractivity contribution is 5.91. The Kier molecular flexibility index (Phi) is 8.25. The first-order valence-electron chi connectivity index (χ1n) is 13.1. The number of amides is 2. The number of aliphatic hydroxyl groups is 1. The highest BCUT2D eigenvalue weighted by Gasteiger charge is 2.33. The van der Waals surface area contributed by atoms with Gasteiger partial charge in [-0.3, -0.25) is 14.5 Å². The van der Waals surface area contributed by atoms with Gasteiger partial charge >= 0.3 is 0 Å². The van der Waals surface area contributed by atoms with Crippen molar-refractivity contribution >= 4 is 17.5 Å². The summed E-state index contributed by atoms with van der Waals surface area (Å²) in [4.78, 5) is 29.8.